The molecule has 0 spiro atoms. The van der Waals surface area contributed by atoms with Gasteiger partial charge >= 0.3 is 5.97 Å². The van der Waals surface area contributed by atoms with E-state index in [1.165, 1.54) is 11.3 Å². The van der Waals surface area contributed by atoms with Gasteiger partial charge in [-0.15, -0.1) is 11.3 Å². The second kappa shape index (κ2) is 7.76. The smallest absolute Gasteiger partial charge is 0.348 e. The molecule has 0 saturated carbocycles. The van der Waals surface area contributed by atoms with E-state index in [0.717, 1.165) is 21.3 Å². The molecule has 0 aliphatic carbocycles. The van der Waals surface area contributed by atoms with E-state index in [9.17, 15) is 9.59 Å². The van der Waals surface area contributed by atoms with Crippen LogP contribution in [0.4, 0.5) is 5.69 Å². The first kappa shape index (κ1) is 18.2. The lowest BCUT2D eigenvalue weighted by Gasteiger charge is -2.09. The lowest BCUT2D eigenvalue weighted by Crippen LogP contribution is -2.11. The van der Waals surface area contributed by atoms with Crippen molar-refractivity contribution in [3.8, 4) is 0 Å². The highest BCUT2D eigenvalue weighted by molar-refractivity contribution is 7.21. The molecule has 26 heavy (non-hydrogen) atoms. The molecule has 0 aliphatic rings. The molecule has 3 N–H and O–H groups in total. The summed E-state index contributed by atoms with van der Waals surface area (Å²) in [6.07, 6.45) is 0. The van der Waals surface area contributed by atoms with Crippen LogP contribution in [0.1, 0.15) is 32.5 Å². The van der Waals surface area contributed by atoms with Crippen LogP contribution in [-0.4, -0.2) is 18.5 Å². The number of hydrogen-bond donors (Lipinski definition) is 2. The summed E-state index contributed by atoms with van der Waals surface area (Å²) in [6.45, 7) is 2.48. The van der Waals surface area contributed by atoms with Crippen molar-refractivity contribution in [1.29, 1.82) is 0 Å². The minimum atomic E-state index is -0.475. The summed E-state index contributed by atoms with van der Waals surface area (Å²) in [5.41, 5.74) is 7.29. The first-order valence-corrected chi connectivity index (χ1v) is 9.21. The molecule has 3 aromatic rings. The molecule has 0 atom stereocenters. The predicted molar refractivity (Wildman–Crippen MR) is 105 cm³/mol. The monoisotopic (exact) mass is 388 g/mol. The van der Waals surface area contributed by atoms with Gasteiger partial charge in [-0.05, 0) is 43.3 Å². The van der Waals surface area contributed by atoms with Crippen LogP contribution in [0.5, 0.6) is 0 Å². The molecule has 0 unspecified atom stereocenters. The predicted octanol–water partition coefficient (Wildman–Crippen LogP) is 4.44. The van der Waals surface area contributed by atoms with Crippen molar-refractivity contribution >= 4 is 50.6 Å². The topological polar surface area (TPSA) is 81.4 Å². The van der Waals surface area contributed by atoms with E-state index in [-0.39, 0.29) is 5.97 Å². The number of nitrogens with one attached hydrogen (secondary N) is 1. The van der Waals surface area contributed by atoms with Gasteiger partial charge in [0.25, 0.3) is 0 Å². The van der Waals surface area contributed by atoms with Crippen LogP contribution in [-0.2, 0) is 11.3 Å². The fourth-order valence-electron chi connectivity index (χ4n) is 2.64. The Morgan fingerprint density at radius 1 is 1.19 bits per heavy atom. The Balaban J connectivity index is 1.93. The molecule has 1 aromatic heterocycles. The van der Waals surface area contributed by atoms with Crippen molar-refractivity contribution < 1.29 is 14.3 Å². The zero-order valence-electron chi connectivity index (χ0n) is 14.0. The van der Waals surface area contributed by atoms with Gasteiger partial charge in [-0.25, -0.2) is 4.79 Å². The molecule has 1 heterocycles. The Morgan fingerprint density at radius 2 is 1.92 bits per heavy atom. The number of rotatable bonds is 6. The van der Waals surface area contributed by atoms with Crippen LogP contribution >= 0.6 is 22.9 Å². The first-order chi connectivity index (χ1) is 12.5. The number of primary amides is 1. The molecule has 0 fully saturated rings. The Morgan fingerprint density at radius 3 is 2.58 bits per heavy atom. The van der Waals surface area contributed by atoms with Crippen molar-refractivity contribution in [2.45, 2.75) is 13.5 Å². The number of carbonyl (C=O) groups excluding carboxylic acids is 2. The summed E-state index contributed by atoms with van der Waals surface area (Å²) in [6, 6.07) is 12.4. The van der Waals surface area contributed by atoms with Gasteiger partial charge in [0.05, 0.1) is 6.61 Å². The number of anilines is 1. The van der Waals surface area contributed by atoms with E-state index in [1.807, 2.05) is 12.1 Å². The number of halogens is 1. The quantitative estimate of drug-likeness (QED) is 0.611. The van der Waals surface area contributed by atoms with E-state index in [2.05, 4.69) is 5.32 Å². The largest absolute Gasteiger partial charge is 0.462 e. The molecule has 1 amide bonds. The van der Waals surface area contributed by atoms with Gasteiger partial charge < -0.3 is 15.8 Å². The molecule has 5 nitrogen and oxygen atoms in total. The van der Waals surface area contributed by atoms with Gasteiger partial charge in [-0.2, -0.15) is 0 Å². The van der Waals surface area contributed by atoms with Crippen LogP contribution in [0.3, 0.4) is 0 Å². The number of esters is 1. The number of benzene rings is 2. The number of amides is 1. The average molecular weight is 389 g/mol. The summed E-state index contributed by atoms with van der Waals surface area (Å²) in [5, 5.41) is 4.70. The normalized spacial score (nSPS) is 10.7. The first-order valence-electron chi connectivity index (χ1n) is 8.02. The molecule has 0 saturated heterocycles. The van der Waals surface area contributed by atoms with Crippen molar-refractivity contribution in [3.05, 3.63) is 63.5 Å². The number of carbonyl (C=O) groups is 2. The molecule has 0 aliphatic heterocycles. The van der Waals surface area contributed by atoms with Crippen molar-refractivity contribution in [3.63, 3.8) is 0 Å². The third kappa shape index (κ3) is 3.66. The van der Waals surface area contributed by atoms with Gasteiger partial charge in [0.1, 0.15) is 4.88 Å². The molecule has 3 rings (SSSR count). The minimum absolute atomic E-state index is 0.308. The van der Waals surface area contributed by atoms with Gasteiger partial charge in [0.2, 0.25) is 5.91 Å². The number of ether oxygens (including phenoxy) is 1. The Kier molecular flexibility index (Phi) is 5.44. The summed E-state index contributed by atoms with van der Waals surface area (Å²) in [5.74, 6) is -0.831. The van der Waals surface area contributed by atoms with Gasteiger partial charge in [0.15, 0.2) is 0 Å². The highest BCUT2D eigenvalue weighted by Gasteiger charge is 2.21. The molecule has 134 valence electrons. The SMILES string of the molecule is CCOC(=O)c1sc2cccc(Cl)c2c1CNc1ccc(C(N)=O)cc1. The highest BCUT2D eigenvalue weighted by Crippen LogP contribution is 2.37. The zero-order valence-corrected chi connectivity index (χ0v) is 15.6. The van der Waals surface area contributed by atoms with Gasteiger partial charge in [-0.1, -0.05) is 17.7 Å². The van der Waals surface area contributed by atoms with E-state index in [0.29, 0.717) is 28.6 Å². The lowest BCUT2D eigenvalue weighted by molar-refractivity contribution is 0.0531. The summed E-state index contributed by atoms with van der Waals surface area (Å²) in [7, 11) is 0. The molecule has 0 radical (unpaired) electrons. The third-order valence-electron chi connectivity index (χ3n) is 3.86. The lowest BCUT2D eigenvalue weighted by atomic mass is 10.1. The maximum Gasteiger partial charge on any atom is 0.348 e. The van der Waals surface area contributed by atoms with Gasteiger partial charge in [0, 0.05) is 38.5 Å². The summed E-state index contributed by atoms with van der Waals surface area (Å²) in [4.78, 5) is 24.0. The van der Waals surface area contributed by atoms with Crippen LogP contribution in [0.2, 0.25) is 5.02 Å². The number of fused-ring (bicyclic) bond motifs is 1. The fourth-order valence-corrected chi connectivity index (χ4v) is 4.13. The Bertz CT molecular complexity index is 967. The Labute approximate surface area is 159 Å². The van der Waals surface area contributed by atoms with Crippen molar-refractivity contribution in [2.24, 2.45) is 5.73 Å². The second-order valence-corrected chi connectivity index (χ2v) is 7.00. The third-order valence-corrected chi connectivity index (χ3v) is 5.36. The Hall–Kier alpha value is -2.57. The van der Waals surface area contributed by atoms with Crippen molar-refractivity contribution in [1.82, 2.24) is 0 Å². The zero-order chi connectivity index (χ0) is 18.7. The van der Waals surface area contributed by atoms with Crippen LogP contribution in [0.15, 0.2) is 42.5 Å². The average Bonchev–Trinajstić information content (AvgIpc) is 3.00. The number of hydrogen-bond acceptors (Lipinski definition) is 5. The van der Waals surface area contributed by atoms with Crippen LogP contribution in [0, 0.1) is 0 Å². The van der Waals surface area contributed by atoms with E-state index < -0.39 is 5.91 Å². The maximum absolute atomic E-state index is 12.3. The highest BCUT2D eigenvalue weighted by atomic mass is 35.5. The number of nitrogens with two attached hydrogens (primary N) is 1. The molecule has 7 heteroatoms. The minimum Gasteiger partial charge on any atom is -0.462 e. The molecular weight excluding hydrogens is 372 g/mol. The fraction of sp³-hybridized carbons (Fsp3) is 0.158. The molecule has 0 bridgehead atoms. The number of thiophene rings is 1. The van der Waals surface area contributed by atoms with Crippen LogP contribution < -0.4 is 11.1 Å². The molecule has 2 aromatic carbocycles. The van der Waals surface area contributed by atoms with Crippen molar-refractivity contribution in [2.75, 3.05) is 11.9 Å². The standard InChI is InChI=1S/C19H17ClN2O3S/c1-2-25-19(24)17-13(16-14(20)4-3-5-15(16)26-17)10-22-12-8-6-11(7-9-12)18(21)23/h3-9,22H,2,10H2,1H3,(H2,21,23). The maximum atomic E-state index is 12.3. The van der Waals surface area contributed by atoms with E-state index in [1.54, 1.807) is 37.3 Å². The molecular formula is C19H17ClN2O3S. The second-order valence-electron chi connectivity index (χ2n) is 5.54. The summed E-state index contributed by atoms with van der Waals surface area (Å²) >= 11 is 7.74. The van der Waals surface area contributed by atoms with E-state index >= 15 is 0 Å². The van der Waals surface area contributed by atoms with E-state index in [4.69, 9.17) is 22.1 Å². The van der Waals surface area contributed by atoms with Gasteiger partial charge in [-0.3, -0.25) is 4.79 Å². The summed E-state index contributed by atoms with van der Waals surface area (Å²) < 4.78 is 6.11. The van der Waals surface area contributed by atoms with Crippen LogP contribution in [0.25, 0.3) is 10.1 Å².